The average molecular weight is 292 g/mol. The largest absolute Gasteiger partial charge is 0.481 e. The molecular weight excluding hydrogens is 268 g/mol. The highest BCUT2D eigenvalue weighted by Crippen LogP contribution is 2.06. The normalized spacial score (nSPS) is 13.5. The van der Waals surface area contributed by atoms with Crippen molar-refractivity contribution in [1.29, 1.82) is 0 Å². The summed E-state index contributed by atoms with van der Waals surface area (Å²) in [7, 11) is 0. The van der Waals surface area contributed by atoms with Gasteiger partial charge in [0.2, 0.25) is 0 Å². The molecule has 3 N–H and O–H groups in total. The molecule has 0 spiro atoms. The Balaban J connectivity index is 2.46. The summed E-state index contributed by atoms with van der Waals surface area (Å²) in [6, 6.07) is 9.19. The van der Waals surface area contributed by atoms with E-state index >= 15 is 0 Å². The monoisotopic (exact) mass is 292 g/mol. The maximum Gasteiger partial charge on any atom is 0.315 e. The summed E-state index contributed by atoms with van der Waals surface area (Å²) >= 11 is 0. The Morgan fingerprint density at radius 3 is 2.24 bits per heavy atom. The minimum absolute atomic E-state index is 0.0231. The maximum atomic E-state index is 11.9. The predicted octanol–water partition coefficient (Wildman–Crippen LogP) is 2.42. The summed E-state index contributed by atoms with van der Waals surface area (Å²) in [5.74, 6) is -0.845. The van der Waals surface area contributed by atoms with Crippen molar-refractivity contribution < 1.29 is 14.7 Å². The molecule has 0 heterocycles. The Morgan fingerprint density at radius 2 is 1.71 bits per heavy atom. The minimum atomic E-state index is -0.911. The van der Waals surface area contributed by atoms with Gasteiger partial charge in [0.25, 0.3) is 0 Å². The van der Waals surface area contributed by atoms with Crippen molar-refractivity contribution in [2.75, 3.05) is 0 Å². The number of carbonyl (C=O) groups is 2. The Morgan fingerprint density at radius 1 is 1.10 bits per heavy atom. The van der Waals surface area contributed by atoms with E-state index in [1.165, 1.54) is 0 Å². The molecule has 0 radical (unpaired) electrons. The number of nitrogens with one attached hydrogen (secondary N) is 2. The van der Waals surface area contributed by atoms with Crippen LogP contribution in [0.4, 0.5) is 4.79 Å². The third-order valence-corrected chi connectivity index (χ3v) is 3.28. The Kier molecular flexibility index (Phi) is 6.72. The van der Waals surface area contributed by atoms with Gasteiger partial charge in [-0.1, -0.05) is 44.2 Å². The highest BCUT2D eigenvalue weighted by Gasteiger charge is 2.20. The van der Waals surface area contributed by atoms with Crippen molar-refractivity contribution in [3.05, 3.63) is 35.9 Å². The van der Waals surface area contributed by atoms with Crippen molar-refractivity contribution in [3.8, 4) is 0 Å². The van der Waals surface area contributed by atoms with Gasteiger partial charge in [-0.2, -0.15) is 0 Å². The molecule has 1 aromatic carbocycles. The molecule has 5 nitrogen and oxygen atoms in total. The first-order chi connectivity index (χ1) is 9.88. The van der Waals surface area contributed by atoms with E-state index in [1.54, 1.807) is 0 Å². The number of hydrogen-bond donors (Lipinski definition) is 3. The molecule has 2 unspecified atom stereocenters. The van der Waals surface area contributed by atoms with Crippen LogP contribution in [0, 0.1) is 5.92 Å². The van der Waals surface area contributed by atoms with E-state index in [9.17, 15) is 9.59 Å². The zero-order valence-corrected chi connectivity index (χ0v) is 12.8. The van der Waals surface area contributed by atoms with Gasteiger partial charge in [-0.05, 0) is 24.8 Å². The van der Waals surface area contributed by atoms with Crippen LogP contribution in [-0.4, -0.2) is 29.2 Å². The number of aliphatic carboxylic acids is 1. The molecule has 0 aliphatic heterocycles. The molecule has 0 aliphatic carbocycles. The molecule has 0 bridgehead atoms. The van der Waals surface area contributed by atoms with Crippen LogP contribution in [0.2, 0.25) is 0 Å². The molecule has 1 rings (SSSR count). The van der Waals surface area contributed by atoms with Crippen LogP contribution < -0.4 is 10.6 Å². The molecule has 21 heavy (non-hydrogen) atoms. The van der Waals surface area contributed by atoms with Crippen LogP contribution in [0.1, 0.15) is 32.8 Å². The third-order valence-electron chi connectivity index (χ3n) is 3.28. The van der Waals surface area contributed by atoms with Gasteiger partial charge in [0, 0.05) is 12.1 Å². The van der Waals surface area contributed by atoms with E-state index in [2.05, 4.69) is 10.6 Å². The second kappa shape index (κ2) is 8.29. The fourth-order valence-electron chi connectivity index (χ4n) is 2.09. The molecule has 0 fully saturated rings. The van der Waals surface area contributed by atoms with Gasteiger partial charge in [-0.25, -0.2) is 4.79 Å². The SMILES string of the molecule is CC(Cc1ccccc1)NC(=O)NC(CC(=O)O)C(C)C. The molecule has 0 aromatic heterocycles. The predicted molar refractivity (Wildman–Crippen MR) is 82.2 cm³/mol. The lowest BCUT2D eigenvalue weighted by Gasteiger charge is -2.22. The van der Waals surface area contributed by atoms with Gasteiger partial charge >= 0.3 is 12.0 Å². The van der Waals surface area contributed by atoms with E-state index in [0.29, 0.717) is 0 Å². The lowest BCUT2D eigenvalue weighted by Crippen LogP contribution is -2.48. The second-order valence-corrected chi connectivity index (χ2v) is 5.66. The zero-order chi connectivity index (χ0) is 15.8. The van der Waals surface area contributed by atoms with Crippen molar-refractivity contribution in [1.82, 2.24) is 10.6 Å². The lowest BCUT2D eigenvalue weighted by atomic mass is 10.0. The molecule has 0 saturated carbocycles. The third kappa shape index (κ3) is 6.79. The van der Waals surface area contributed by atoms with Gasteiger partial charge < -0.3 is 15.7 Å². The van der Waals surface area contributed by atoms with Crippen LogP contribution in [0.15, 0.2) is 30.3 Å². The molecule has 0 saturated heterocycles. The number of hydrogen-bond acceptors (Lipinski definition) is 2. The second-order valence-electron chi connectivity index (χ2n) is 5.66. The van der Waals surface area contributed by atoms with Crippen molar-refractivity contribution in [3.63, 3.8) is 0 Å². The zero-order valence-electron chi connectivity index (χ0n) is 12.8. The summed E-state index contributed by atoms with van der Waals surface area (Å²) < 4.78 is 0. The van der Waals surface area contributed by atoms with Crippen LogP contribution in [0.25, 0.3) is 0 Å². The molecule has 116 valence electrons. The number of urea groups is 1. The number of amides is 2. The lowest BCUT2D eigenvalue weighted by molar-refractivity contribution is -0.137. The van der Waals surface area contributed by atoms with Gasteiger partial charge in [0.1, 0.15) is 0 Å². The van der Waals surface area contributed by atoms with Crippen molar-refractivity contribution in [2.45, 2.75) is 45.7 Å². The van der Waals surface area contributed by atoms with E-state index in [1.807, 2.05) is 51.1 Å². The Hall–Kier alpha value is -2.04. The maximum absolute atomic E-state index is 11.9. The summed E-state index contributed by atoms with van der Waals surface area (Å²) in [6.07, 6.45) is 0.664. The summed E-state index contributed by atoms with van der Waals surface area (Å²) in [4.78, 5) is 22.7. The Labute approximate surface area is 125 Å². The first kappa shape index (κ1) is 17.0. The standard InChI is InChI=1S/C16H24N2O3/c1-11(2)14(10-15(19)20)18-16(21)17-12(3)9-13-7-5-4-6-8-13/h4-8,11-12,14H,9-10H2,1-3H3,(H,19,20)(H2,17,18,21). The fourth-order valence-corrected chi connectivity index (χ4v) is 2.09. The Bertz CT molecular complexity index is 460. The minimum Gasteiger partial charge on any atom is -0.481 e. The van der Waals surface area contributed by atoms with Crippen molar-refractivity contribution >= 4 is 12.0 Å². The quantitative estimate of drug-likeness (QED) is 0.722. The molecule has 1 aromatic rings. The summed E-state index contributed by atoms with van der Waals surface area (Å²) in [5, 5.41) is 14.4. The first-order valence-corrected chi connectivity index (χ1v) is 7.21. The smallest absolute Gasteiger partial charge is 0.315 e. The van der Waals surface area contributed by atoms with Crippen LogP contribution in [0.5, 0.6) is 0 Å². The van der Waals surface area contributed by atoms with Crippen LogP contribution in [0.3, 0.4) is 0 Å². The highest BCUT2D eigenvalue weighted by molar-refractivity contribution is 5.76. The first-order valence-electron chi connectivity index (χ1n) is 7.21. The van der Waals surface area contributed by atoms with E-state index in [4.69, 9.17) is 5.11 Å². The van der Waals surface area contributed by atoms with Gasteiger partial charge in [-0.15, -0.1) is 0 Å². The number of carboxylic acids is 1. The number of carbonyl (C=O) groups excluding carboxylic acids is 1. The van der Waals surface area contributed by atoms with E-state index in [0.717, 1.165) is 12.0 Å². The molecule has 2 amide bonds. The molecule has 5 heteroatoms. The topological polar surface area (TPSA) is 78.4 Å². The molecule has 2 atom stereocenters. The highest BCUT2D eigenvalue weighted by atomic mass is 16.4. The van der Waals surface area contributed by atoms with Gasteiger partial charge in [0.15, 0.2) is 0 Å². The van der Waals surface area contributed by atoms with E-state index in [-0.39, 0.29) is 30.5 Å². The number of benzene rings is 1. The molecule has 0 aliphatic rings. The fraction of sp³-hybridized carbons (Fsp3) is 0.500. The van der Waals surface area contributed by atoms with Gasteiger partial charge in [-0.3, -0.25) is 4.79 Å². The average Bonchev–Trinajstić information content (AvgIpc) is 2.38. The van der Waals surface area contributed by atoms with E-state index < -0.39 is 5.97 Å². The van der Waals surface area contributed by atoms with Crippen molar-refractivity contribution in [2.24, 2.45) is 5.92 Å². The molecular formula is C16H24N2O3. The summed E-state index contributed by atoms with van der Waals surface area (Å²) in [6.45, 7) is 5.71. The number of rotatable bonds is 7. The van der Waals surface area contributed by atoms with Crippen LogP contribution in [-0.2, 0) is 11.2 Å². The van der Waals surface area contributed by atoms with Crippen LogP contribution >= 0.6 is 0 Å². The summed E-state index contributed by atoms with van der Waals surface area (Å²) in [5.41, 5.74) is 1.15. The van der Waals surface area contributed by atoms with Gasteiger partial charge in [0.05, 0.1) is 6.42 Å². The number of carboxylic acid groups (broad SMARTS) is 1.